The van der Waals surface area contributed by atoms with E-state index in [4.69, 9.17) is 4.42 Å². The van der Waals surface area contributed by atoms with Gasteiger partial charge in [0.05, 0.1) is 6.54 Å². The zero-order chi connectivity index (χ0) is 12.5. The van der Waals surface area contributed by atoms with Gasteiger partial charge < -0.3 is 9.73 Å². The average Bonchev–Trinajstić information content (AvgIpc) is 2.94. The van der Waals surface area contributed by atoms with Crippen LogP contribution in [0.5, 0.6) is 0 Å². The van der Waals surface area contributed by atoms with Crippen LogP contribution in [0.1, 0.15) is 17.3 Å². The summed E-state index contributed by atoms with van der Waals surface area (Å²) in [6.45, 7) is 4.40. The number of hydrogen-bond donors (Lipinski definition) is 1. The van der Waals surface area contributed by atoms with Gasteiger partial charge in [-0.05, 0) is 26.0 Å². The average molecular weight is 243 g/mol. The van der Waals surface area contributed by atoms with E-state index in [-0.39, 0.29) is 0 Å². The molecular weight excluding hydrogens is 230 g/mol. The SMILES string of the molecule is Cc1ccc(CNc2nccn3c(C)nnc23)o1. The third-order valence-electron chi connectivity index (χ3n) is 2.72. The highest BCUT2D eigenvalue weighted by Crippen LogP contribution is 2.14. The topological polar surface area (TPSA) is 68.2 Å². The molecule has 0 bridgehead atoms. The van der Waals surface area contributed by atoms with Gasteiger partial charge in [0, 0.05) is 12.4 Å². The molecule has 0 aliphatic rings. The number of furan rings is 1. The zero-order valence-corrected chi connectivity index (χ0v) is 10.2. The van der Waals surface area contributed by atoms with Crippen molar-refractivity contribution in [3.63, 3.8) is 0 Å². The first-order valence-electron chi connectivity index (χ1n) is 5.69. The van der Waals surface area contributed by atoms with Gasteiger partial charge in [0.2, 0.25) is 5.65 Å². The molecule has 0 saturated heterocycles. The van der Waals surface area contributed by atoms with Crippen molar-refractivity contribution in [3.8, 4) is 0 Å². The smallest absolute Gasteiger partial charge is 0.203 e. The molecule has 0 spiro atoms. The van der Waals surface area contributed by atoms with Crippen LogP contribution in [-0.2, 0) is 6.54 Å². The Hall–Kier alpha value is -2.37. The molecule has 6 heteroatoms. The Morgan fingerprint density at radius 1 is 1.28 bits per heavy atom. The second-order valence-corrected chi connectivity index (χ2v) is 4.08. The minimum absolute atomic E-state index is 0.576. The number of rotatable bonds is 3. The molecule has 0 aliphatic carbocycles. The summed E-state index contributed by atoms with van der Waals surface area (Å²) in [4.78, 5) is 4.27. The van der Waals surface area contributed by atoms with E-state index < -0.39 is 0 Å². The Morgan fingerprint density at radius 3 is 2.94 bits per heavy atom. The number of aromatic nitrogens is 4. The molecular formula is C12H13N5O. The van der Waals surface area contributed by atoms with E-state index in [2.05, 4.69) is 20.5 Å². The van der Waals surface area contributed by atoms with E-state index in [1.807, 2.05) is 36.6 Å². The van der Waals surface area contributed by atoms with Gasteiger partial charge in [-0.2, -0.15) is 0 Å². The lowest BCUT2D eigenvalue weighted by molar-refractivity contribution is 0.490. The van der Waals surface area contributed by atoms with Crippen molar-refractivity contribution in [1.82, 2.24) is 19.6 Å². The van der Waals surface area contributed by atoms with Crippen molar-refractivity contribution in [1.29, 1.82) is 0 Å². The number of nitrogens with one attached hydrogen (secondary N) is 1. The summed E-state index contributed by atoms with van der Waals surface area (Å²) in [6, 6.07) is 3.88. The maximum atomic E-state index is 5.49. The Bertz CT molecular complexity index is 685. The summed E-state index contributed by atoms with van der Waals surface area (Å²) in [5.41, 5.74) is 0.721. The van der Waals surface area contributed by atoms with Crippen molar-refractivity contribution in [2.75, 3.05) is 5.32 Å². The lowest BCUT2D eigenvalue weighted by Crippen LogP contribution is -2.03. The molecule has 92 valence electrons. The van der Waals surface area contributed by atoms with Crippen molar-refractivity contribution >= 4 is 11.5 Å². The van der Waals surface area contributed by atoms with Gasteiger partial charge >= 0.3 is 0 Å². The third kappa shape index (κ3) is 1.81. The molecule has 0 amide bonds. The Morgan fingerprint density at radius 2 is 2.17 bits per heavy atom. The van der Waals surface area contributed by atoms with Gasteiger partial charge in [0.15, 0.2) is 5.82 Å². The normalized spacial score (nSPS) is 11.0. The number of aryl methyl sites for hydroxylation is 2. The van der Waals surface area contributed by atoms with Gasteiger partial charge in [0.25, 0.3) is 0 Å². The predicted molar refractivity (Wildman–Crippen MR) is 66.3 cm³/mol. The standard InChI is InChI=1S/C12H13N5O/c1-8-3-4-10(18-8)7-14-11-12-16-15-9(2)17(12)6-5-13-11/h3-6H,7H2,1-2H3,(H,13,14). The highest BCUT2D eigenvalue weighted by molar-refractivity contribution is 5.61. The minimum atomic E-state index is 0.576. The summed E-state index contributed by atoms with van der Waals surface area (Å²) in [5, 5.41) is 11.3. The molecule has 18 heavy (non-hydrogen) atoms. The summed E-state index contributed by atoms with van der Waals surface area (Å²) in [5.74, 6) is 3.31. The fraction of sp³-hybridized carbons (Fsp3) is 0.250. The minimum Gasteiger partial charge on any atom is -0.465 e. The summed E-state index contributed by atoms with van der Waals surface area (Å²) in [6.07, 6.45) is 3.56. The fourth-order valence-electron chi connectivity index (χ4n) is 1.82. The first kappa shape index (κ1) is 10.8. The van der Waals surface area contributed by atoms with Crippen molar-refractivity contribution in [2.45, 2.75) is 20.4 Å². The van der Waals surface area contributed by atoms with Crippen molar-refractivity contribution in [3.05, 3.63) is 41.9 Å². The molecule has 0 saturated carbocycles. The maximum absolute atomic E-state index is 5.49. The molecule has 0 unspecified atom stereocenters. The number of anilines is 1. The number of hydrogen-bond acceptors (Lipinski definition) is 5. The van der Waals surface area contributed by atoms with Crippen LogP contribution < -0.4 is 5.32 Å². The van der Waals surface area contributed by atoms with Gasteiger partial charge in [-0.1, -0.05) is 0 Å². The summed E-state index contributed by atoms with van der Waals surface area (Å²) >= 11 is 0. The molecule has 3 aromatic heterocycles. The van der Waals surface area contributed by atoms with Gasteiger partial charge in [-0.25, -0.2) is 4.98 Å². The van der Waals surface area contributed by atoms with Crippen LogP contribution in [0, 0.1) is 13.8 Å². The second-order valence-electron chi connectivity index (χ2n) is 4.08. The Kier molecular flexibility index (Phi) is 2.47. The van der Waals surface area contributed by atoms with Gasteiger partial charge in [-0.15, -0.1) is 10.2 Å². The number of nitrogens with zero attached hydrogens (tertiary/aromatic N) is 4. The first-order chi connectivity index (χ1) is 8.74. The van der Waals surface area contributed by atoms with E-state index in [1.165, 1.54) is 0 Å². The Balaban J connectivity index is 1.86. The maximum Gasteiger partial charge on any atom is 0.203 e. The molecule has 6 nitrogen and oxygen atoms in total. The van der Waals surface area contributed by atoms with E-state index in [0.29, 0.717) is 12.4 Å². The summed E-state index contributed by atoms with van der Waals surface area (Å²) < 4.78 is 7.38. The van der Waals surface area contributed by atoms with Crippen LogP contribution >= 0.6 is 0 Å². The predicted octanol–water partition coefficient (Wildman–Crippen LogP) is 1.95. The van der Waals surface area contributed by atoms with Crippen LogP contribution in [0.3, 0.4) is 0 Å². The van der Waals surface area contributed by atoms with Crippen LogP contribution in [0.25, 0.3) is 5.65 Å². The molecule has 3 heterocycles. The molecule has 1 N–H and O–H groups in total. The second kappa shape index (κ2) is 4.14. The molecule has 3 rings (SSSR count). The highest BCUT2D eigenvalue weighted by atomic mass is 16.3. The highest BCUT2D eigenvalue weighted by Gasteiger charge is 2.07. The van der Waals surface area contributed by atoms with Crippen LogP contribution in [0.15, 0.2) is 28.9 Å². The molecule has 0 aromatic carbocycles. The van der Waals surface area contributed by atoms with Crippen molar-refractivity contribution in [2.24, 2.45) is 0 Å². The fourth-order valence-corrected chi connectivity index (χ4v) is 1.82. The van der Waals surface area contributed by atoms with Crippen LogP contribution in [0.4, 0.5) is 5.82 Å². The zero-order valence-electron chi connectivity index (χ0n) is 10.2. The monoisotopic (exact) mass is 243 g/mol. The van der Waals surface area contributed by atoms with E-state index in [9.17, 15) is 0 Å². The summed E-state index contributed by atoms with van der Waals surface area (Å²) in [7, 11) is 0. The van der Waals surface area contributed by atoms with Gasteiger partial charge in [0.1, 0.15) is 17.3 Å². The number of fused-ring (bicyclic) bond motifs is 1. The molecule has 0 radical (unpaired) electrons. The Labute approximate surface area is 104 Å². The molecule has 0 aliphatic heterocycles. The molecule has 3 aromatic rings. The lowest BCUT2D eigenvalue weighted by atomic mass is 10.4. The van der Waals surface area contributed by atoms with Gasteiger partial charge in [-0.3, -0.25) is 4.40 Å². The molecule has 0 fully saturated rings. The van der Waals surface area contributed by atoms with Crippen LogP contribution in [0.2, 0.25) is 0 Å². The quantitative estimate of drug-likeness (QED) is 0.761. The van der Waals surface area contributed by atoms with Crippen LogP contribution in [-0.4, -0.2) is 19.6 Å². The first-order valence-corrected chi connectivity index (χ1v) is 5.69. The lowest BCUT2D eigenvalue weighted by Gasteiger charge is -2.04. The molecule has 0 atom stereocenters. The van der Waals surface area contributed by atoms with E-state index >= 15 is 0 Å². The third-order valence-corrected chi connectivity index (χ3v) is 2.72. The van der Waals surface area contributed by atoms with E-state index in [1.54, 1.807) is 6.20 Å². The van der Waals surface area contributed by atoms with E-state index in [0.717, 1.165) is 23.0 Å². The largest absolute Gasteiger partial charge is 0.465 e. The van der Waals surface area contributed by atoms with Crippen molar-refractivity contribution < 1.29 is 4.42 Å².